The quantitative estimate of drug-likeness (QED) is 0.769. The van der Waals surface area contributed by atoms with Gasteiger partial charge in [0.05, 0.1) is 5.69 Å². The molecule has 1 aromatic carbocycles. The summed E-state index contributed by atoms with van der Waals surface area (Å²) in [5.41, 5.74) is 0.670. The second-order valence-corrected chi connectivity index (χ2v) is 3.08. The third kappa shape index (κ3) is 3.53. The molecule has 0 bridgehead atoms. The number of nitrogens with one attached hydrogen (secondary N) is 1. The van der Waals surface area contributed by atoms with Gasteiger partial charge in [0.2, 0.25) is 5.91 Å². The van der Waals surface area contributed by atoms with Gasteiger partial charge in [-0.3, -0.25) is 4.79 Å². The summed E-state index contributed by atoms with van der Waals surface area (Å²) in [5.74, 6) is -1.97. The number of hydrogen-bond acceptors (Lipinski definition) is 2. The number of hydrogen-bond donors (Lipinski definition) is 2. The van der Waals surface area contributed by atoms with Crippen molar-refractivity contribution in [3.05, 3.63) is 35.7 Å². The number of amides is 1. The van der Waals surface area contributed by atoms with Crippen LogP contribution in [0.5, 0.6) is 0 Å². The standard InChI is InChI=1S/C11H10FNO3/c1-7(14)13-10-6-9(12)4-2-8(10)3-5-11(15)16/h2-6H,1H3,(H,13,14)(H,15,16)/b5-3+. The van der Waals surface area contributed by atoms with Crippen LogP contribution < -0.4 is 5.32 Å². The Bertz CT molecular complexity index is 455. The van der Waals surface area contributed by atoms with E-state index in [0.717, 1.165) is 12.1 Å². The largest absolute Gasteiger partial charge is 0.478 e. The molecule has 1 aromatic rings. The number of anilines is 1. The molecule has 2 N–H and O–H groups in total. The highest BCUT2D eigenvalue weighted by Gasteiger charge is 2.03. The Hall–Kier alpha value is -2.17. The highest BCUT2D eigenvalue weighted by atomic mass is 19.1. The van der Waals surface area contributed by atoms with Gasteiger partial charge in [-0.15, -0.1) is 0 Å². The molecular formula is C11H10FNO3. The van der Waals surface area contributed by atoms with Crippen LogP contribution in [0.1, 0.15) is 12.5 Å². The van der Waals surface area contributed by atoms with Crippen molar-refractivity contribution in [1.29, 1.82) is 0 Å². The van der Waals surface area contributed by atoms with Gasteiger partial charge in [-0.05, 0) is 29.8 Å². The molecule has 5 heteroatoms. The van der Waals surface area contributed by atoms with Crippen LogP contribution in [0.3, 0.4) is 0 Å². The SMILES string of the molecule is CC(=O)Nc1cc(F)ccc1/C=C/C(=O)O. The Morgan fingerprint density at radius 1 is 1.44 bits per heavy atom. The Labute approximate surface area is 91.4 Å². The Morgan fingerprint density at radius 2 is 2.12 bits per heavy atom. The molecular weight excluding hydrogens is 213 g/mol. The highest BCUT2D eigenvalue weighted by Crippen LogP contribution is 2.18. The van der Waals surface area contributed by atoms with Gasteiger partial charge in [0.25, 0.3) is 0 Å². The van der Waals surface area contributed by atoms with Crippen LogP contribution in [0.25, 0.3) is 6.08 Å². The van der Waals surface area contributed by atoms with E-state index in [1.807, 2.05) is 0 Å². The van der Waals surface area contributed by atoms with E-state index in [9.17, 15) is 14.0 Å². The van der Waals surface area contributed by atoms with E-state index in [1.165, 1.54) is 25.1 Å². The monoisotopic (exact) mass is 223 g/mol. The first-order chi connectivity index (χ1) is 7.49. The lowest BCUT2D eigenvalue weighted by Gasteiger charge is -2.06. The van der Waals surface area contributed by atoms with Gasteiger partial charge in [-0.2, -0.15) is 0 Å². The lowest BCUT2D eigenvalue weighted by atomic mass is 10.1. The molecule has 0 radical (unpaired) electrons. The van der Waals surface area contributed by atoms with Crippen LogP contribution in [0.15, 0.2) is 24.3 Å². The molecule has 0 atom stereocenters. The number of carboxylic acid groups (broad SMARTS) is 1. The van der Waals surface area contributed by atoms with E-state index in [4.69, 9.17) is 5.11 Å². The molecule has 0 aliphatic rings. The minimum atomic E-state index is -1.11. The Kier molecular flexibility index (Phi) is 3.77. The first-order valence-electron chi connectivity index (χ1n) is 4.47. The zero-order chi connectivity index (χ0) is 12.1. The van der Waals surface area contributed by atoms with Crippen molar-refractivity contribution in [2.24, 2.45) is 0 Å². The van der Waals surface area contributed by atoms with Gasteiger partial charge in [-0.25, -0.2) is 9.18 Å². The summed E-state index contributed by atoms with van der Waals surface area (Å²) in [4.78, 5) is 21.2. The van der Waals surface area contributed by atoms with Crippen LogP contribution in [0.4, 0.5) is 10.1 Å². The number of carbonyl (C=O) groups excluding carboxylic acids is 1. The molecule has 0 aromatic heterocycles. The molecule has 0 heterocycles. The molecule has 4 nitrogen and oxygen atoms in total. The first kappa shape index (κ1) is 11.9. The fraction of sp³-hybridized carbons (Fsp3) is 0.0909. The van der Waals surface area contributed by atoms with Crippen molar-refractivity contribution in [3.63, 3.8) is 0 Å². The maximum Gasteiger partial charge on any atom is 0.328 e. The number of carboxylic acids is 1. The van der Waals surface area contributed by atoms with Gasteiger partial charge in [0.15, 0.2) is 0 Å². The summed E-state index contributed by atoms with van der Waals surface area (Å²) < 4.78 is 12.9. The van der Waals surface area contributed by atoms with Gasteiger partial charge in [0, 0.05) is 13.0 Å². The smallest absolute Gasteiger partial charge is 0.328 e. The molecule has 0 saturated carbocycles. The summed E-state index contributed by atoms with van der Waals surface area (Å²) in [7, 11) is 0. The zero-order valence-electron chi connectivity index (χ0n) is 8.53. The van der Waals surface area contributed by atoms with Crippen molar-refractivity contribution in [3.8, 4) is 0 Å². The predicted molar refractivity (Wildman–Crippen MR) is 57.4 cm³/mol. The maximum absolute atomic E-state index is 12.9. The summed E-state index contributed by atoms with van der Waals surface area (Å²) in [6.45, 7) is 1.29. The third-order valence-corrected chi connectivity index (χ3v) is 1.73. The van der Waals surface area contributed by atoms with Gasteiger partial charge < -0.3 is 10.4 Å². The average molecular weight is 223 g/mol. The van der Waals surface area contributed by atoms with E-state index in [2.05, 4.69) is 5.32 Å². The first-order valence-corrected chi connectivity index (χ1v) is 4.47. The van der Waals surface area contributed by atoms with Crippen LogP contribution in [-0.2, 0) is 9.59 Å². The van der Waals surface area contributed by atoms with Crippen LogP contribution in [-0.4, -0.2) is 17.0 Å². The van der Waals surface area contributed by atoms with Crippen LogP contribution in [0.2, 0.25) is 0 Å². The number of benzene rings is 1. The molecule has 0 unspecified atom stereocenters. The van der Waals surface area contributed by atoms with Gasteiger partial charge >= 0.3 is 5.97 Å². The summed E-state index contributed by atoms with van der Waals surface area (Å²) in [6, 6.07) is 3.70. The molecule has 0 saturated heterocycles. The zero-order valence-corrected chi connectivity index (χ0v) is 8.53. The van der Waals surface area contributed by atoms with Crippen molar-refractivity contribution in [1.82, 2.24) is 0 Å². The minimum Gasteiger partial charge on any atom is -0.478 e. The Morgan fingerprint density at radius 3 is 2.69 bits per heavy atom. The summed E-state index contributed by atoms with van der Waals surface area (Å²) in [6.07, 6.45) is 2.20. The molecule has 0 spiro atoms. The van der Waals surface area contributed by atoms with E-state index in [1.54, 1.807) is 0 Å². The Balaban J connectivity index is 3.06. The normalized spacial score (nSPS) is 10.4. The molecule has 0 aliphatic carbocycles. The fourth-order valence-electron chi connectivity index (χ4n) is 1.13. The van der Waals surface area contributed by atoms with E-state index in [0.29, 0.717) is 5.56 Å². The van der Waals surface area contributed by atoms with E-state index >= 15 is 0 Å². The second kappa shape index (κ2) is 5.06. The van der Waals surface area contributed by atoms with Crippen molar-refractivity contribution in [2.75, 3.05) is 5.32 Å². The number of halogens is 1. The van der Waals surface area contributed by atoms with Gasteiger partial charge in [-0.1, -0.05) is 0 Å². The molecule has 1 rings (SSSR count). The van der Waals surface area contributed by atoms with E-state index in [-0.39, 0.29) is 11.6 Å². The molecule has 16 heavy (non-hydrogen) atoms. The highest BCUT2D eigenvalue weighted by molar-refractivity contribution is 5.93. The maximum atomic E-state index is 12.9. The van der Waals surface area contributed by atoms with Crippen LogP contribution in [0, 0.1) is 5.82 Å². The number of carbonyl (C=O) groups is 2. The fourth-order valence-corrected chi connectivity index (χ4v) is 1.13. The molecule has 0 aliphatic heterocycles. The predicted octanol–water partition coefficient (Wildman–Crippen LogP) is 1.88. The minimum absolute atomic E-state index is 0.241. The van der Waals surface area contributed by atoms with Crippen molar-refractivity contribution < 1.29 is 19.1 Å². The third-order valence-electron chi connectivity index (χ3n) is 1.73. The summed E-state index contributed by atoms with van der Waals surface area (Å²) >= 11 is 0. The summed E-state index contributed by atoms with van der Waals surface area (Å²) in [5, 5.41) is 10.9. The number of aliphatic carboxylic acids is 1. The van der Waals surface area contributed by atoms with Crippen LogP contribution >= 0.6 is 0 Å². The number of rotatable bonds is 3. The topological polar surface area (TPSA) is 66.4 Å². The molecule has 84 valence electrons. The molecule has 0 fully saturated rings. The van der Waals surface area contributed by atoms with E-state index < -0.39 is 11.8 Å². The lowest BCUT2D eigenvalue weighted by molar-refractivity contribution is -0.131. The van der Waals surface area contributed by atoms with Gasteiger partial charge in [0.1, 0.15) is 5.82 Å². The lowest BCUT2D eigenvalue weighted by Crippen LogP contribution is -2.07. The average Bonchev–Trinajstić information content (AvgIpc) is 2.15. The molecule has 1 amide bonds. The van der Waals surface area contributed by atoms with Crippen molar-refractivity contribution in [2.45, 2.75) is 6.92 Å². The second-order valence-electron chi connectivity index (χ2n) is 3.08. The van der Waals surface area contributed by atoms with Crippen molar-refractivity contribution >= 4 is 23.6 Å².